The summed E-state index contributed by atoms with van der Waals surface area (Å²) in [6.45, 7) is 5.39. The van der Waals surface area contributed by atoms with Crippen LogP contribution >= 0.6 is 0 Å². The van der Waals surface area contributed by atoms with Crippen LogP contribution in [0, 0.1) is 0 Å². The van der Waals surface area contributed by atoms with Crippen LogP contribution in [0.2, 0.25) is 0 Å². The Balaban J connectivity index is 1.54. The molecule has 0 fully saturated rings. The molecule has 0 aromatic heterocycles. The summed E-state index contributed by atoms with van der Waals surface area (Å²) >= 11 is 0. The van der Waals surface area contributed by atoms with Gasteiger partial charge in [0.2, 0.25) is 0 Å². The standard InChI is InChI=1S/C27H29N3O5/c1-3-16-34-23-13-11-22(12-14-23)29-26(31)27(32)30-28-18-21-10-15-24(25(17-21)33-4-2)35-19-20-8-6-5-7-9-20/h5-15,17-18H,3-4,16,19H2,1-2H3,(H,29,31)(H,30,32)/b28-18-. The maximum Gasteiger partial charge on any atom is 0.329 e. The van der Waals surface area contributed by atoms with Crippen LogP contribution in [0.3, 0.4) is 0 Å². The van der Waals surface area contributed by atoms with Gasteiger partial charge in [-0.3, -0.25) is 9.59 Å². The Kier molecular flexibility index (Phi) is 9.68. The molecule has 0 atom stereocenters. The third-order valence-corrected chi connectivity index (χ3v) is 4.68. The van der Waals surface area contributed by atoms with Crippen LogP contribution in [0.4, 0.5) is 5.69 Å². The maximum absolute atomic E-state index is 12.1. The van der Waals surface area contributed by atoms with Gasteiger partial charge in [0.05, 0.1) is 19.4 Å². The molecule has 0 unspecified atom stereocenters. The van der Waals surface area contributed by atoms with Crippen molar-refractivity contribution in [2.24, 2.45) is 5.10 Å². The second kappa shape index (κ2) is 13.4. The zero-order valence-corrected chi connectivity index (χ0v) is 19.8. The molecule has 3 aromatic carbocycles. The Morgan fingerprint density at radius 3 is 2.34 bits per heavy atom. The van der Waals surface area contributed by atoms with Crippen molar-refractivity contribution in [3.8, 4) is 17.2 Å². The van der Waals surface area contributed by atoms with Gasteiger partial charge in [-0.1, -0.05) is 37.3 Å². The number of anilines is 1. The molecule has 182 valence electrons. The van der Waals surface area contributed by atoms with Crippen molar-refractivity contribution in [2.75, 3.05) is 18.5 Å². The van der Waals surface area contributed by atoms with Crippen molar-refractivity contribution in [3.05, 3.63) is 83.9 Å². The topological polar surface area (TPSA) is 98.2 Å². The minimum Gasteiger partial charge on any atom is -0.494 e. The first-order chi connectivity index (χ1) is 17.1. The summed E-state index contributed by atoms with van der Waals surface area (Å²) in [7, 11) is 0. The smallest absolute Gasteiger partial charge is 0.329 e. The minimum atomic E-state index is -0.889. The molecule has 0 heterocycles. The number of ether oxygens (including phenoxy) is 3. The van der Waals surface area contributed by atoms with Crippen LogP contribution in [0.15, 0.2) is 77.9 Å². The molecular weight excluding hydrogens is 446 g/mol. The van der Waals surface area contributed by atoms with Crippen molar-refractivity contribution >= 4 is 23.7 Å². The first kappa shape index (κ1) is 25.3. The highest BCUT2D eigenvalue weighted by Gasteiger charge is 2.13. The van der Waals surface area contributed by atoms with Gasteiger partial charge in [-0.15, -0.1) is 0 Å². The van der Waals surface area contributed by atoms with Gasteiger partial charge in [-0.05, 0) is 66.9 Å². The van der Waals surface area contributed by atoms with E-state index in [0.717, 1.165) is 12.0 Å². The SMILES string of the molecule is CCCOc1ccc(NC(=O)C(=O)N/N=C\c2ccc(OCc3ccccc3)c(OCC)c2)cc1. The summed E-state index contributed by atoms with van der Waals surface area (Å²) < 4.78 is 17.1. The lowest BCUT2D eigenvalue weighted by atomic mass is 10.2. The van der Waals surface area contributed by atoms with Crippen molar-refractivity contribution in [2.45, 2.75) is 26.9 Å². The predicted octanol–water partition coefficient (Wildman–Crippen LogP) is 4.54. The second-order valence-electron chi connectivity index (χ2n) is 7.44. The van der Waals surface area contributed by atoms with E-state index in [1.807, 2.05) is 44.2 Å². The fourth-order valence-corrected chi connectivity index (χ4v) is 2.99. The third kappa shape index (κ3) is 8.19. The first-order valence-corrected chi connectivity index (χ1v) is 11.4. The molecule has 2 N–H and O–H groups in total. The lowest BCUT2D eigenvalue weighted by Gasteiger charge is -2.12. The number of nitrogens with one attached hydrogen (secondary N) is 2. The van der Waals surface area contributed by atoms with Crippen LogP contribution in [0.5, 0.6) is 17.2 Å². The fourth-order valence-electron chi connectivity index (χ4n) is 2.99. The van der Waals surface area contributed by atoms with E-state index in [2.05, 4.69) is 15.8 Å². The zero-order valence-electron chi connectivity index (χ0n) is 19.8. The van der Waals surface area contributed by atoms with E-state index in [-0.39, 0.29) is 0 Å². The molecule has 0 aliphatic rings. The molecule has 0 aliphatic heterocycles. The number of hydrazone groups is 1. The molecule has 0 bridgehead atoms. The molecule has 3 aromatic rings. The van der Waals surface area contributed by atoms with Gasteiger partial charge in [-0.2, -0.15) is 5.10 Å². The second-order valence-corrected chi connectivity index (χ2v) is 7.44. The number of benzene rings is 3. The van der Waals surface area contributed by atoms with Gasteiger partial charge >= 0.3 is 11.8 Å². The van der Waals surface area contributed by atoms with E-state index in [1.54, 1.807) is 42.5 Å². The van der Waals surface area contributed by atoms with Crippen molar-refractivity contribution in [3.63, 3.8) is 0 Å². The molecule has 3 rings (SSSR count). The fraction of sp³-hybridized carbons (Fsp3) is 0.222. The molecule has 0 radical (unpaired) electrons. The van der Waals surface area contributed by atoms with Crippen LogP contribution in [0.1, 0.15) is 31.4 Å². The van der Waals surface area contributed by atoms with Crippen molar-refractivity contribution in [1.82, 2.24) is 5.43 Å². The van der Waals surface area contributed by atoms with Crippen LogP contribution in [0.25, 0.3) is 0 Å². The van der Waals surface area contributed by atoms with Gasteiger partial charge in [0, 0.05) is 5.69 Å². The highest BCUT2D eigenvalue weighted by Crippen LogP contribution is 2.29. The summed E-state index contributed by atoms with van der Waals surface area (Å²) in [4.78, 5) is 24.2. The normalized spacial score (nSPS) is 10.6. The molecule has 8 nitrogen and oxygen atoms in total. The van der Waals surface area contributed by atoms with E-state index in [0.29, 0.717) is 48.3 Å². The first-order valence-electron chi connectivity index (χ1n) is 11.4. The van der Waals surface area contributed by atoms with Gasteiger partial charge in [0.1, 0.15) is 12.4 Å². The maximum atomic E-state index is 12.1. The van der Waals surface area contributed by atoms with E-state index < -0.39 is 11.8 Å². The largest absolute Gasteiger partial charge is 0.494 e. The highest BCUT2D eigenvalue weighted by atomic mass is 16.5. The number of nitrogens with zero attached hydrogens (tertiary/aromatic N) is 1. The monoisotopic (exact) mass is 475 g/mol. The predicted molar refractivity (Wildman–Crippen MR) is 135 cm³/mol. The zero-order chi connectivity index (χ0) is 24.9. The summed E-state index contributed by atoms with van der Waals surface area (Å²) in [5, 5.41) is 6.39. The highest BCUT2D eigenvalue weighted by molar-refractivity contribution is 6.39. The summed E-state index contributed by atoms with van der Waals surface area (Å²) in [6, 6.07) is 21.9. The third-order valence-electron chi connectivity index (χ3n) is 4.68. The van der Waals surface area contributed by atoms with Crippen LogP contribution in [-0.4, -0.2) is 31.2 Å². The molecule has 35 heavy (non-hydrogen) atoms. The van der Waals surface area contributed by atoms with E-state index in [4.69, 9.17) is 14.2 Å². The summed E-state index contributed by atoms with van der Waals surface area (Å²) in [5.74, 6) is 0.136. The number of hydrogen-bond acceptors (Lipinski definition) is 6. The molecule has 0 aliphatic carbocycles. The number of hydrogen-bond donors (Lipinski definition) is 2. The lowest BCUT2D eigenvalue weighted by Crippen LogP contribution is -2.32. The van der Waals surface area contributed by atoms with Crippen molar-refractivity contribution < 1.29 is 23.8 Å². The minimum absolute atomic E-state index is 0.411. The average molecular weight is 476 g/mol. The van der Waals surface area contributed by atoms with Gasteiger partial charge in [-0.25, -0.2) is 5.43 Å². The van der Waals surface area contributed by atoms with Gasteiger partial charge in [0.15, 0.2) is 11.5 Å². The molecule has 0 spiro atoms. The molecule has 8 heteroatoms. The lowest BCUT2D eigenvalue weighted by molar-refractivity contribution is -0.136. The number of carbonyl (C=O) groups excluding carboxylic acids is 2. The van der Waals surface area contributed by atoms with Gasteiger partial charge in [0.25, 0.3) is 0 Å². The van der Waals surface area contributed by atoms with Crippen molar-refractivity contribution in [1.29, 1.82) is 0 Å². The van der Waals surface area contributed by atoms with Crippen LogP contribution < -0.4 is 25.0 Å². The molecule has 2 amide bonds. The van der Waals surface area contributed by atoms with Crippen LogP contribution in [-0.2, 0) is 16.2 Å². The molecular formula is C27H29N3O5. The Bertz CT molecular complexity index is 1130. The number of carbonyl (C=O) groups is 2. The molecule has 0 saturated heterocycles. The Hall–Kier alpha value is -4.33. The summed E-state index contributed by atoms with van der Waals surface area (Å²) in [5.41, 5.74) is 4.42. The Labute approximate surface area is 204 Å². The van der Waals surface area contributed by atoms with E-state index >= 15 is 0 Å². The van der Waals surface area contributed by atoms with Gasteiger partial charge < -0.3 is 19.5 Å². The average Bonchev–Trinajstić information content (AvgIpc) is 2.88. The number of amides is 2. The van der Waals surface area contributed by atoms with E-state index in [9.17, 15) is 9.59 Å². The number of rotatable bonds is 11. The Morgan fingerprint density at radius 2 is 1.63 bits per heavy atom. The Morgan fingerprint density at radius 1 is 0.857 bits per heavy atom. The van der Waals surface area contributed by atoms with E-state index in [1.165, 1.54) is 6.21 Å². The quantitative estimate of drug-likeness (QED) is 0.241. The molecule has 0 saturated carbocycles. The summed E-state index contributed by atoms with van der Waals surface area (Å²) in [6.07, 6.45) is 2.33.